The molecule has 0 saturated carbocycles. The van der Waals surface area contributed by atoms with Crippen LogP contribution in [0.5, 0.6) is 5.75 Å². The first-order chi connectivity index (χ1) is 8.31. The van der Waals surface area contributed by atoms with E-state index in [0.29, 0.717) is 12.2 Å². The number of aliphatic hydroxyl groups is 1. The fraction of sp³-hybridized carbons (Fsp3) is 0.538. The van der Waals surface area contributed by atoms with Crippen LogP contribution in [0, 0.1) is 5.82 Å². The highest BCUT2D eigenvalue weighted by Gasteiger charge is 2.16. The average Bonchev–Trinajstić information content (AvgIpc) is 2.38. The highest BCUT2D eigenvalue weighted by molar-refractivity contribution is 5.34. The Morgan fingerprint density at radius 1 is 1.41 bits per heavy atom. The summed E-state index contributed by atoms with van der Waals surface area (Å²) in [6, 6.07) is 4.54. The Balaban J connectivity index is 1.97. The molecule has 3 nitrogen and oxygen atoms in total. The monoisotopic (exact) mass is 240 g/mol. The number of aliphatic hydroxyl groups excluding tert-OH is 1. The molecular formula is C13H17FO3. The quantitative estimate of drug-likeness (QED) is 0.877. The van der Waals surface area contributed by atoms with Crippen LogP contribution in [0.4, 0.5) is 4.39 Å². The molecule has 1 saturated heterocycles. The molecule has 0 radical (unpaired) electrons. The molecule has 0 bridgehead atoms. The van der Waals surface area contributed by atoms with Gasteiger partial charge < -0.3 is 14.6 Å². The second-order valence-electron chi connectivity index (χ2n) is 4.19. The summed E-state index contributed by atoms with van der Waals surface area (Å²) in [5.41, 5.74) is 0.473. The Labute approximate surface area is 100 Å². The van der Waals surface area contributed by atoms with E-state index >= 15 is 0 Å². The van der Waals surface area contributed by atoms with Crippen LogP contribution < -0.4 is 4.74 Å². The second-order valence-corrected chi connectivity index (χ2v) is 4.19. The largest absolute Gasteiger partial charge is 0.487 e. The second kappa shape index (κ2) is 5.98. The summed E-state index contributed by atoms with van der Waals surface area (Å²) in [5, 5.41) is 9.10. The lowest BCUT2D eigenvalue weighted by Crippen LogP contribution is -2.26. The Bertz CT molecular complexity index is 362. The molecule has 1 atom stereocenters. The highest BCUT2D eigenvalue weighted by Crippen LogP contribution is 2.24. The van der Waals surface area contributed by atoms with Crippen molar-refractivity contribution in [3.05, 3.63) is 29.6 Å². The van der Waals surface area contributed by atoms with Crippen molar-refractivity contribution < 1.29 is 19.0 Å². The summed E-state index contributed by atoms with van der Waals surface area (Å²) in [5.74, 6) is -0.295. The number of rotatable bonds is 4. The molecular weight excluding hydrogens is 223 g/mol. The topological polar surface area (TPSA) is 38.7 Å². The molecule has 1 heterocycles. The minimum atomic E-state index is -0.438. The molecule has 4 heteroatoms. The van der Waals surface area contributed by atoms with Crippen molar-refractivity contribution >= 4 is 0 Å². The number of halogens is 1. The molecule has 1 unspecified atom stereocenters. The normalized spacial score (nSPS) is 20.2. The van der Waals surface area contributed by atoms with Crippen molar-refractivity contribution in [1.29, 1.82) is 0 Å². The zero-order valence-electron chi connectivity index (χ0n) is 9.69. The van der Waals surface area contributed by atoms with E-state index in [2.05, 4.69) is 0 Å². The van der Waals surface area contributed by atoms with Gasteiger partial charge in [0.25, 0.3) is 0 Å². The number of benzene rings is 1. The third kappa shape index (κ3) is 3.17. The van der Waals surface area contributed by atoms with E-state index in [1.54, 1.807) is 12.1 Å². The molecule has 1 aliphatic heterocycles. The van der Waals surface area contributed by atoms with Crippen LogP contribution in [0.15, 0.2) is 18.2 Å². The molecule has 1 aromatic rings. The maximum Gasteiger partial charge on any atom is 0.165 e. The average molecular weight is 240 g/mol. The van der Waals surface area contributed by atoms with Gasteiger partial charge in [-0.05, 0) is 25.3 Å². The van der Waals surface area contributed by atoms with Gasteiger partial charge >= 0.3 is 0 Å². The Kier molecular flexibility index (Phi) is 4.34. The first-order valence-electron chi connectivity index (χ1n) is 5.94. The molecule has 0 amide bonds. The van der Waals surface area contributed by atoms with Gasteiger partial charge in [0, 0.05) is 12.2 Å². The van der Waals surface area contributed by atoms with Crippen LogP contribution in [-0.4, -0.2) is 24.4 Å². The fourth-order valence-electron chi connectivity index (χ4n) is 1.95. The van der Waals surface area contributed by atoms with Gasteiger partial charge in [-0.3, -0.25) is 0 Å². The van der Waals surface area contributed by atoms with Gasteiger partial charge in [0.1, 0.15) is 6.61 Å². The van der Waals surface area contributed by atoms with E-state index in [1.807, 2.05) is 0 Å². The molecule has 1 aliphatic rings. The third-order valence-electron chi connectivity index (χ3n) is 2.91. The summed E-state index contributed by atoms with van der Waals surface area (Å²) in [6.45, 7) is 0.866. The molecule has 1 fully saturated rings. The molecule has 94 valence electrons. The van der Waals surface area contributed by atoms with Gasteiger partial charge in [-0.1, -0.05) is 12.1 Å². The molecule has 0 aliphatic carbocycles. The lowest BCUT2D eigenvalue weighted by Gasteiger charge is -2.23. The van der Waals surface area contributed by atoms with E-state index in [-0.39, 0.29) is 18.5 Å². The van der Waals surface area contributed by atoms with E-state index in [0.717, 1.165) is 25.9 Å². The molecule has 0 spiro atoms. The van der Waals surface area contributed by atoms with Crippen molar-refractivity contribution in [2.75, 3.05) is 13.2 Å². The highest BCUT2D eigenvalue weighted by atomic mass is 19.1. The molecule has 1 N–H and O–H groups in total. The maximum atomic E-state index is 13.5. The van der Waals surface area contributed by atoms with E-state index in [1.165, 1.54) is 6.07 Å². The molecule has 17 heavy (non-hydrogen) atoms. The molecule has 1 aromatic carbocycles. The van der Waals surface area contributed by atoms with E-state index in [4.69, 9.17) is 14.6 Å². The van der Waals surface area contributed by atoms with Crippen LogP contribution in [0.25, 0.3) is 0 Å². The predicted octanol–water partition coefficient (Wildman–Crippen LogP) is 2.27. The van der Waals surface area contributed by atoms with Crippen LogP contribution in [0.1, 0.15) is 24.8 Å². The number of ether oxygens (including phenoxy) is 2. The molecule has 0 aromatic heterocycles. The first kappa shape index (κ1) is 12.3. The van der Waals surface area contributed by atoms with Crippen LogP contribution in [0.2, 0.25) is 0 Å². The van der Waals surface area contributed by atoms with Crippen molar-refractivity contribution in [3.8, 4) is 5.75 Å². The fourth-order valence-corrected chi connectivity index (χ4v) is 1.95. The number of hydrogen-bond donors (Lipinski definition) is 1. The van der Waals surface area contributed by atoms with E-state index < -0.39 is 5.82 Å². The molecule has 2 rings (SSSR count). The van der Waals surface area contributed by atoms with Crippen LogP contribution in [0.3, 0.4) is 0 Å². The van der Waals surface area contributed by atoms with Crippen molar-refractivity contribution in [2.45, 2.75) is 32.0 Å². The summed E-state index contributed by atoms with van der Waals surface area (Å²) in [4.78, 5) is 0. The standard InChI is InChI=1S/C13H17FO3/c14-12-6-3-4-10(8-15)13(12)17-9-11-5-1-2-7-16-11/h3-4,6,11,15H,1-2,5,7-9H2. The number of hydrogen-bond acceptors (Lipinski definition) is 3. The predicted molar refractivity (Wildman–Crippen MR) is 61.4 cm³/mol. The van der Waals surface area contributed by atoms with Crippen LogP contribution >= 0.6 is 0 Å². The number of para-hydroxylation sites is 1. The van der Waals surface area contributed by atoms with Crippen molar-refractivity contribution in [2.24, 2.45) is 0 Å². The summed E-state index contributed by atoms with van der Waals surface area (Å²) >= 11 is 0. The summed E-state index contributed by atoms with van der Waals surface area (Å²) in [7, 11) is 0. The van der Waals surface area contributed by atoms with E-state index in [9.17, 15) is 4.39 Å². The van der Waals surface area contributed by atoms with Gasteiger partial charge in [-0.2, -0.15) is 0 Å². The lowest BCUT2D eigenvalue weighted by molar-refractivity contribution is -0.0121. The first-order valence-corrected chi connectivity index (χ1v) is 5.94. The Morgan fingerprint density at radius 3 is 3.00 bits per heavy atom. The third-order valence-corrected chi connectivity index (χ3v) is 2.91. The summed E-state index contributed by atoms with van der Waals surface area (Å²) < 4.78 is 24.5. The van der Waals surface area contributed by atoms with Crippen molar-refractivity contribution in [3.63, 3.8) is 0 Å². The SMILES string of the molecule is OCc1cccc(F)c1OCC1CCCCO1. The van der Waals surface area contributed by atoms with Gasteiger partial charge in [0.05, 0.1) is 12.7 Å². The zero-order valence-corrected chi connectivity index (χ0v) is 9.69. The smallest absolute Gasteiger partial charge is 0.165 e. The van der Waals surface area contributed by atoms with Gasteiger partial charge in [-0.15, -0.1) is 0 Å². The van der Waals surface area contributed by atoms with Crippen LogP contribution in [-0.2, 0) is 11.3 Å². The maximum absolute atomic E-state index is 13.5. The van der Waals surface area contributed by atoms with Gasteiger partial charge in [0.2, 0.25) is 0 Å². The lowest BCUT2D eigenvalue weighted by atomic mass is 10.1. The van der Waals surface area contributed by atoms with Gasteiger partial charge in [0.15, 0.2) is 11.6 Å². The van der Waals surface area contributed by atoms with Gasteiger partial charge in [-0.25, -0.2) is 4.39 Å². The minimum Gasteiger partial charge on any atom is -0.487 e. The minimum absolute atomic E-state index is 0.0369. The zero-order chi connectivity index (χ0) is 12.1. The Hall–Kier alpha value is -1.13. The Morgan fingerprint density at radius 2 is 2.29 bits per heavy atom. The summed E-state index contributed by atoms with van der Waals surface area (Å²) in [6.07, 6.45) is 3.19. The van der Waals surface area contributed by atoms with Crippen molar-refractivity contribution in [1.82, 2.24) is 0 Å².